The number of anilines is 1. The van der Waals surface area contributed by atoms with E-state index in [2.05, 4.69) is 9.89 Å². The minimum Gasteiger partial charge on any atom is -0.435 e. The summed E-state index contributed by atoms with van der Waals surface area (Å²) < 4.78 is 33.4. The molecule has 102 valence electrons. The Labute approximate surface area is 109 Å². The van der Waals surface area contributed by atoms with Crippen molar-refractivity contribution in [1.82, 2.24) is 5.16 Å². The van der Waals surface area contributed by atoms with E-state index in [-0.39, 0.29) is 17.6 Å². The topological polar surface area (TPSA) is 61.3 Å². The van der Waals surface area contributed by atoms with E-state index in [9.17, 15) is 8.78 Å². The van der Waals surface area contributed by atoms with Crippen LogP contribution in [0, 0.1) is 0 Å². The smallest absolute Gasteiger partial charge is 0.387 e. The van der Waals surface area contributed by atoms with Gasteiger partial charge in [-0.1, -0.05) is 19.0 Å². The molecule has 0 unspecified atom stereocenters. The predicted molar refractivity (Wildman–Crippen MR) is 67.1 cm³/mol. The third kappa shape index (κ3) is 2.83. The zero-order chi connectivity index (χ0) is 14.0. The number of nitrogen functional groups attached to an aromatic ring is 1. The van der Waals surface area contributed by atoms with Crippen LogP contribution in [0.1, 0.15) is 25.3 Å². The molecular formula is C13H14F2N2O2. The quantitative estimate of drug-likeness (QED) is 0.919. The Kier molecular flexibility index (Phi) is 3.69. The molecule has 0 aliphatic rings. The number of nitrogens with two attached hydrogens (primary N) is 1. The van der Waals surface area contributed by atoms with Crippen LogP contribution in [0.3, 0.4) is 0 Å². The first-order valence-electron chi connectivity index (χ1n) is 5.79. The summed E-state index contributed by atoms with van der Waals surface area (Å²) in [5, 5.41) is 3.91. The maximum Gasteiger partial charge on any atom is 0.387 e. The van der Waals surface area contributed by atoms with Crippen molar-refractivity contribution in [2.75, 3.05) is 5.73 Å². The van der Waals surface area contributed by atoms with Gasteiger partial charge < -0.3 is 15.0 Å². The Balaban J connectivity index is 2.32. The highest BCUT2D eigenvalue weighted by Crippen LogP contribution is 2.33. The van der Waals surface area contributed by atoms with Crippen LogP contribution in [0.15, 0.2) is 28.8 Å². The van der Waals surface area contributed by atoms with Crippen LogP contribution in [0.2, 0.25) is 0 Å². The average Bonchev–Trinajstić information content (AvgIpc) is 2.71. The first-order chi connectivity index (χ1) is 8.99. The molecule has 0 aliphatic heterocycles. The molecule has 19 heavy (non-hydrogen) atoms. The van der Waals surface area contributed by atoms with Crippen LogP contribution >= 0.6 is 0 Å². The van der Waals surface area contributed by atoms with Crippen LogP contribution < -0.4 is 10.5 Å². The molecule has 4 nitrogen and oxygen atoms in total. The van der Waals surface area contributed by atoms with Gasteiger partial charge in [-0.3, -0.25) is 0 Å². The summed E-state index contributed by atoms with van der Waals surface area (Å²) in [6, 6.07) is 6.19. The van der Waals surface area contributed by atoms with E-state index in [0.29, 0.717) is 5.69 Å². The van der Waals surface area contributed by atoms with Gasteiger partial charge in [0.25, 0.3) is 0 Å². The van der Waals surface area contributed by atoms with Crippen molar-refractivity contribution in [3.8, 4) is 17.0 Å². The summed E-state index contributed by atoms with van der Waals surface area (Å²) in [5.41, 5.74) is 7.89. The molecule has 0 atom stereocenters. The van der Waals surface area contributed by atoms with Crippen molar-refractivity contribution in [3.63, 3.8) is 0 Å². The largest absolute Gasteiger partial charge is 0.435 e. The zero-order valence-corrected chi connectivity index (χ0v) is 10.6. The van der Waals surface area contributed by atoms with Crippen molar-refractivity contribution < 1.29 is 18.0 Å². The van der Waals surface area contributed by atoms with Crippen molar-refractivity contribution >= 4 is 5.88 Å². The van der Waals surface area contributed by atoms with Crippen LogP contribution in [0.25, 0.3) is 11.3 Å². The molecule has 2 aromatic rings. The molecule has 2 N–H and O–H groups in total. The Bertz CT molecular complexity index is 550. The Morgan fingerprint density at radius 1 is 1.21 bits per heavy atom. The minimum absolute atomic E-state index is 0.0984. The molecule has 0 aliphatic carbocycles. The zero-order valence-electron chi connectivity index (χ0n) is 10.6. The maximum absolute atomic E-state index is 12.1. The lowest BCUT2D eigenvalue weighted by Gasteiger charge is -2.07. The molecule has 1 heterocycles. The fourth-order valence-corrected chi connectivity index (χ4v) is 1.87. The summed E-state index contributed by atoms with van der Waals surface area (Å²) in [5.74, 6) is 0.525. The van der Waals surface area contributed by atoms with Gasteiger partial charge in [-0.05, 0) is 30.2 Å². The molecule has 1 aromatic heterocycles. The third-order valence-corrected chi connectivity index (χ3v) is 2.69. The van der Waals surface area contributed by atoms with E-state index >= 15 is 0 Å². The van der Waals surface area contributed by atoms with E-state index in [4.69, 9.17) is 10.3 Å². The second kappa shape index (κ2) is 5.26. The number of benzene rings is 1. The number of hydrogen-bond acceptors (Lipinski definition) is 4. The summed E-state index contributed by atoms with van der Waals surface area (Å²) in [4.78, 5) is 0. The predicted octanol–water partition coefficient (Wildman–Crippen LogP) is 3.65. The van der Waals surface area contributed by atoms with Crippen LogP contribution in [-0.2, 0) is 0 Å². The van der Waals surface area contributed by atoms with Crippen molar-refractivity contribution in [3.05, 3.63) is 29.8 Å². The summed E-state index contributed by atoms with van der Waals surface area (Å²) in [6.07, 6.45) is 0. The molecule has 0 amide bonds. The van der Waals surface area contributed by atoms with Gasteiger partial charge in [-0.2, -0.15) is 8.78 Å². The van der Waals surface area contributed by atoms with E-state index < -0.39 is 6.61 Å². The first-order valence-corrected chi connectivity index (χ1v) is 5.79. The summed E-state index contributed by atoms with van der Waals surface area (Å²) in [6.45, 7) is 1.11. The minimum atomic E-state index is -2.83. The van der Waals surface area contributed by atoms with Crippen molar-refractivity contribution in [2.45, 2.75) is 26.4 Å². The lowest BCUT2D eigenvalue weighted by molar-refractivity contribution is -0.0498. The maximum atomic E-state index is 12.1. The van der Waals surface area contributed by atoms with Gasteiger partial charge in [-0.15, -0.1) is 0 Å². The lowest BCUT2D eigenvalue weighted by Crippen LogP contribution is -2.01. The first kappa shape index (κ1) is 13.3. The second-order valence-corrected chi connectivity index (χ2v) is 4.37. The van der Waals surface area contributed by atoms with Crippen LogP contribution in [0.4, 0.5) is 14.7 Å². The highest BCUT2D eigenvalue weighted by atomic mass is 19.3. The van der Waals surface area contributed by atoms with Crippen LogP contribution in [-0.4, -0.2) is 11.8 Å². The van der Waals surface area contributed by atoms with Gasteiger partial charge in [0.2, 0.25) is 5.88 Å². The number of ether oxygens (including phenoxy) is 1. The standard InChI is InChI=1S/C13H14F2N2O2/c1-7(2)10-11(17-19-12(10)16)8-3-5-9(6-4-8)18-13(14)15/h3-7,13H,16H2,1-2H3. The molecule has 0 spiro atoms. The molecule has 0 saturated carbocycles. The number of rotatable bonds is 4. The Morgan fingerprint density at radius 3 is 2.37 bits per heavy atom. The molecule has 0 radical (unpaired) electrons. The van der Waals surface area contributed by atoms with Crippen molar-refractivity contribution in [1.29, 1.82) is 0 Å². The average molecular weight is 268 g/mol. The van der Waals surface area contributed by atoms with Crippen molar-refractivity contribution in [2.24, 2.45) is 0 Å². The summed E-state index contributed by atoms with van der Waals surface area (Å²) >= 11 is 0. The van der Waals surface area contributed by atoms with Gasteiger partial charge in [0.15, 0.2) is 0 Å². The van der Waals surface area contributed by atoms with Gasteiger partial charge in [-0.25, -0.2) is 0 Å². The molecule has 1 aromatic carbocycles. The number of alkyl halides is 2. The van der Waals surface area contributed by atoms with Gasteiger partial charge >= 0.3 is 6.61 Å². The second-order valence-electron chi connectivity index (χ2n) is 4.37. The highest BCUT2D eigenvalue weighted by Gasteiger charge is 2.18. The van der Waals surface area contributed by atoms with Gasteiger partial charge in [0.05, 0.1) is 0 Å². The monoisotopic (exact) mass is 268 g/mol. The number of hydrogen-bond donors (Lipinski definition) is 1. The number of halogens is 2. The normalized spacial score (nSPS) is 11.3. The Hall–Kier alpha value is -2.11. The number of nitrogens with zero attached hydrogens (tertiary/aromatic N) is 1. The van der Waals surface area contributed by atoms with Gasteiger partial charge in [0, 0.05) is 11.1 Å². The highest BCUT2D eigenvalue weighted by molar-refractivity contribution is 5.68. The summed E-state index contributed by atoms with van der Waals surface area (Å²) in [7, 11) is 0. The molecule has 2 rings (SSSR count). The van der Waals surface area contributed by atoms with E-state index in [1.165, 1.54) is 12.1 Å². The third-order valence-electron chi connectivity index (χ3n) is 2.69. The molecule has 6 heteroatoms. The molecule has 0 saturated heterocycles. The lowest BCUT2D eigenvalue weighted by atomic mass is 9.99. The SMILES string of the molecule is CC(C)c1c(-c2ccc(OC(F)F)cc2)noc1N. The molecule has 0 bridgehead atoms. The van der Waals surface area contributed by atoms with E-state index in [1.54, 1.807) is 12.1 Å². The fourth-order valence-electron chi connectivity index (χ4n) is 1.87. The Morgan fingerprint density at radius 2 is 1.84 bits per heavy atom. The van der Waals surface area contributed by atoms with Gasteiger partial charge in [0.1, 0.15) is 11.4 Å². The molecular weight excluding hydrogens is 254 g/mol. The van der Waals surface area contributed by atoms with E-state index in [0.717, 1.165) is 11.1 Å². The molecule has 0 fully saturated rings. The van der Waals surface area contributed by atoms with E-state index in [1.807, 2.05) is 13.8 Å². The number of aromatic nitrogens is 1. The van der Waals surface area contributed by atoms with Crippen LogP contribution in [0.5, 0.6) is 5.75 Å². The fraction of sp³-hybridized carbons (Fsp3) is 0.308.